The van der Waals surface area contributed by atoms with E-state index in [2.05, 4.69) is 4.98 Å². The molecule has 2 aromatic carbocycles. The lowest BCUT2D eigenvalue weighted by molar-refractivity contribution is 0.0144. The first-order valence-corrected chi connectivity index (χ1v) is 15.6. The molecule has 2 aromatic heterocycles. The molecular weight excluding hydrogens is 608 g/mol. The smallest absolute Gasteiger partial charge is 0.410 e. The number of ether oxygens (including phenoxy) is 1. The van der Waals surface area contributed by atoms with Gasteiger partial charge in [-0.1, -0.05) is 17.7 Å². The second kappa shape index (κ2) is 12.7. The zero-order chi connectivity index (χ0) is 31.8. The molecule has 7 nitrogen and oxygen atoms in total. The third-order valence-electron chi connectivity index (χ3n) is 7.91. The van der Waals surface area contributed by atoms with E-state index in [1.807, 2.05) is 39.0 Å². The fourth-order valence-electron chi connectivity index (χ4n) is 5.59. The molecule has 1 saturated carbocycles. The number of carbonyl (C=O) groups excluding carboxylic acids is 2. The van der Waals surface area contributed by atoms with Gasteiger partial charge in [-0.3, -0.25) is 9.78 Å². The molecule has 1 fully saturated rings. The van der Waals surface area contributed by atoms with Crippen LogP contribution >= 0.6 is 22.9 Å². The average Bonchev–Trinajstić information content (AvgIpc) is 3.36. The van der Waals surface area contributed by atoms with Crippen molar-refractivity contribution >= 4 is 45.0 Å². The van der Waals surface area contributed by atoms with Crippen molar-refractivity contribution in [2.75, 3.05) is 7.05 Å². The maximum atomic E-state index is 14.7. The van der Waals surface area contributed by atoms with Gasteiger partial charge in [0.25, 0.3) is 5.91 Å². The first-order valence-electron chi connectivity index (χ1n) is 14.4. The Labute approximate surface area is 264 Å². The van der Waals surface area contributed by atoms with Crippen LogP contribution in [0.1, 0.15) is 61.7 Å². The van der Waals surface area contributed by atoms with E-state index in [-0.39, 0.29) is 44.4 Å². The van der Waals surface area contributed by atoms with Crippen molar-refractivity contribution in [2.45, 2.75) is 70.7 Å². The van der Waals surface area contributed by atoms with Gasteiger partial charge in [-0.15, -0.1) is 11.3 Å². The predicted molar refractivity (Wildman–Crippen MR) is 168 cm³/mol. The van der Waals surface area contributed by atoms with Gasteiger partial charge >= 0.3 is 6.09 Å². The molecule has 0 atom stereocenters. The van der Waals surface area contributed by atoms with Crippen molar-refractivity contribution in [3.05, 3.63) is 82.0 Å². The monoisotopic (exact) mass is 641 g/mol. The number of halogens is 3. The van der Waals surface area contributed by atoms with Gasteiger partial charge < -0.3 is 19.6 Å². The number of pyridine rings is 1. The van der Waals surface area contributed by atoms with E-state index in [0.717, 1.165) is 34.6 Å². The van der Waals surface area contributed by atoms with Crippen LogP contribution in [-0.2, 0) is 11.3 Å². The number of amides is 2. The van der Waals surface area contributed by atoms with Crippen molar-refractivity contribution in [1.29, 1.82) is 0 Å². The molecule has 44 heavy (non-hydrogen) atoms. The number of thiophene rings is 1. The van der Waals surface area contributed by atoms with Crippen molar-refractivity contribution in [3.8, 4) is 16.9 Å². The van der Waals surface area contributed by atoms with Crippen molar-refractivity contribution < 1.29 is 28.2 Å². The Bertz CT molecular complexity index is 1680. The molecule has 0 spiro atoms. The molecule has 0 saturated heterocycles. The number of benzene rings is 2. The van der Waals surface area contributed by atoms with Crippen LogP contribution in [0, 0.1) is 11.6 Å². The fourth-order valence-corrected chi connectivity index (χ4v) is 7.10. The second-order valence-corrected chi connectivity index (χ2v) is 13.4. The summed E-state index contributed by atoms with van der Waals surface area (Å²) < 4.78 is 34.9. The summed E-state index contributed by atoms with van der Waals surface area (Å²) in [6, 6.07) is 10.5. The minimum Gasteiger partial charge on any atom is -0.508 e. The number of phenols is 1. The molecule has 0 bridgehead atoms. The molecule has 2 amide bonds. The third-order valence-corrected chi connectivity index (χ3v) is 9.58. The van der Waals surface area contributed by atoms with Crippen LogP contribution < -0.4 is 0 Å². The Morgan fingerprint density at radius 2 is 1.64 bits per heavy atom. The quantitative estimate of drug-likeness (QED) is 0.229. The number of phenolic OH excluding ortho intramolecular Hbond substituents is 1. The van der Waals surface area contributed by atoms with Crippen LogP contribution in [0.15, 0.2) is 54.9 Å². The molecule has 2 heterocycles. The highest BCUT2D eigenvalue weighted by Gasteiger charge is 2.35. The van der Waals surface area contributed by atoms with Crippen LogP contribution in [0.25, 0.3) is 21.2 Å². The van der Waals surface area contributed by atoms with E-state index in [4.69, 9.17) is 16.3 Å². The zero-order valence-corrected chi connectivity index (χ0v) is 26.5. The minimum absolute atomic E-state index is 0.0125. The maximum absolute atomic E-state index is 14.7. The summed E-state index contributed by atoms with van der Waals surface area (Å²) in [4.78, 5) is 34.3. The molecule has 0 unspecified atom stereocenters. The summed E-state index contributed by atoms with van der Waals surface area (Å²) in [5.41, 5.74) is 1.61. The number of rotatable bonds is 6. The normalized spacial score (nSPS) is 17.0. The number of nitrogens with zero attached hydrogens (tertiary/aromatic N) is 3. The molecule has 1 aliphatic carbocycles. The predicted octanol–water partition coefficient (Wildman–Crippen LogP) is 8.42. The van der Waals surface area contributed by atoms with E-state index < -0.39 is 29.2 Å². The highest BCUT2D eigenvalue weighted by Crippen LogP contribution is 2.41. The Kier molecular flexibility index (Phi) is 9.13. The summed E-state index contributed by atoms with van der Waals surface area (Å²) in [6.07, 6.45) is 5.26. The van der Waals surface area contributed by atoms with Gasteiger partial charge in [-0.25, -0.2) is 13.6 Å². The van der Waals surface area contributed by atoms with Gasteiger partial charge in [-0.2, -0.15) is 0 Å². The summed E-state index contributed by atoms with van der Waals surface area (Å²) in [6.45, 7) is 5.48. The number of aromatic hydroxyl groups is 1. The third kappa shape index (κ3) is 6.66. The van der Waals surface area contributed by atoms with Crippen molar-refractivity contribution in [2.24, 2.45) is 0 Å². The van der Waals surface area contributed by atoms with E-state index in [1.165, 1.54) is 0 Å². The highest BCUT2D eigenvalue weighted by molar-refractivity contribution is 7.21. The van der Waals surface area contributed by atoms with Gasteiger partial charge in [0.05, 0.1) is 15.1 Å². The van der Waals surface area contributed by atoms with E-state index in [0.29, 0.717) is 31.2 Å². The molecule has 1 N–H and O–H groups in total. The molecule has 11 heteroatoms. The summed E-state index contributed by atoms with van der Waals surface area (Å²) >= 11 is 7.36. The highest BCUT2D eigenvalue weighted by atomic mass is 35.5. The van der Waals surface area contributed by atoms with Crippen molar-refractivity contribution in [3.63, 3.8) is 0 Å². The first kappa shape index (κ1) is 31.7. The van der Waals surface area contributed by atoms with Gasteiger partial charge in [-0.05, 0) is 94.0 Å². The lowest BCUT2D eigenvalue weighted by Gasteiger charge is -2.40. The molecule has 1 aliphatic rings. The van der Waals surface area contributed by atoms with Crippen molar-refractivity contribution in [1.82, 2.24) is 14.8 Å². The SMILES string of the molecule is CN(C(=O)OC(C)(C)C)[C@H]1CC[C@H](N(Cc2cc(-c3ccncc3)ccc2O)C(=O)c2sc3c(F)ccc(F)c3c2Cl)CC1. The number of fused-ring (bicyclic) bond motifs is 1. The first-order chi connectivity index (χ1) is 20.8. The van der Waals surface area contributed by atoms with Gasteiger partial charge in [0, 0.05) is 43.6 Å². The van der Waals surface area contributed by atoms with Crippen LogP contribution in [0.2, 0.25) is 5.02 Å². The molecule has 0 aliphatic heterocycles. The van der Waals surface area contributed by atoms with Gasteiger partial charge in [0.2, 0.25) is 0 Å². The van der Waals surface area contributed by atoms with Crippen LogP contribution in [0.5, 0.6) is 5.75 Å². The Balaban J connectivity index is 1.47. The average molecular weight is 642 g/mol. The summed E-state index contributed by atoms with van der Waals surface area (Å²) in [5, 5.41) is 10.6. The topological polar surface area (TPSA) is 83.0 Å². The van der Waals surface area contributed by atoms with Gasteiger partial charge in [0.15, 0.2) is 0 Å². The Morgan fingerprint density at radius 1 is 1.00 bits per heavy atom. The lowest BCUT2D eigenvalue weighted by atomic mass is 9.89. The minimum atomic E-state index is -0.707. The molecule has 4 aromatic rings. The zero-order valence-electron chi connectivity index (χ0n) is 24.9. The second-order valence-electron chi connectivity index (χ2n) is 12.0. The fraction of sp³-hybridized carbons (Fsp3) is 0.364. The lowest BCUT2D eigenvalue weighted by Crippen LogP contribution is -2.47. The molecular formula is C33H34ClF2N3O4S. The molecule has 232 valence electrons. The summed E-state index contributed by atoms with van der Waals surface area (Å²) in [5.74, 6) is -1.83. The molecule has 5 rings (SSSR count). The largest absolute Gasteiger partial charge is 0.508 e. The van der Waals surface area contributed by atoms with E-state index in [1.54, 1.807) is 41.4 Å². The number of hydrogen-bond acceptors (Lipinski definition) is 6. The molecule has 0 radical (unpaired) electrons. The van der Waals surface area contributed by atoms with E-state index in [9.17, 15) is 23.5 Å². The van der Waals surface area contributed by atoms with Gasteiger partial charge in [0.1, 0.15) is 27.9 Å². The van der Waals surface area contributed by atoms with Crippen LogP contribution in [-0.4, -0.2) is 56.6 Å². The summed E-state index contributed by atoms with van der Waals surface area (Å²) in [7, 11) is 1.71. The Morgan fingerprint density at radius 3 is 2.27 bits per heavy atom. The van der Waals surface area contributed by atoms with Crippen LogP contribution in [0.3, 0.4) is 0 Å². The Hall–Kier alpha value is -3.76. The number of aromatic nitrogens is 1. The van der Waals surface area contributed by atoms with Crippen LogP contribution in [0.4, 0.5) is 13.6 Å². The number of hydrogen-bond donors (Lipinski definition) is 1. The maximum Gasteiger partial charge on any atom is 0.410 e. The number of carbonyl (C=O) groups is 2. The standard InChI is InChI=1S/C33H34ClF2N3O4S/c1-33(2,3)43-32(42)38(4)22-6-8-23(9-7-22)39(18-21-17-20(5-12-26(21)40)19-13-15-37-16-14-19)31(41)30-28(34)27-24(35)10-11-25(36)29(27)44-30/h5,10-17,22-23,40H,6-9,18H2,1-4H3/t22-,23-. The van der Waals surface area contributed by atoms with E-state index >= 15 is 0 Å².